The topological polar surface area (TPSA) is 58.6 Å². The summed E-state index contributed by atoms with van der Waals surface area (Å²) < 4.78 is 5.05. The van der Waals surface area contributed by atoms with Gasteiger partial charge in [-0.05, 0) is 30.3 Å². The number of carbonyl (C=O) groups is 1. The largest absolute Gasteiger partial charge is 0.497 e. The molecule has 1 heterocycles. The van der Waals surface area contributed by atoms with E-state index >= 15 is 0 Å². The second-order valence-electron chi connectivity index (χ2n) is 4.17. The first-order valence-corrected chi connectivity index (χ1v) is 7.20. The average molecular weight is 301 g/mol. The maximum Gasteiger partial charge on any atom is 0.251 e. The summed E-state index contributed by atoms with van der Waals surface area (Å²) in [5, 5.41) is 13.4. The van der Waals surface area contributed by atoms with E-state index in [1.807, 2.05) is 11.4 Å². The quantitative estimate of drug-likeness (QED) is 0.850. The van der Waals surface area contributed by atoms with Crippen LogP contribution in [0.4, 0.5) is 0 Å². The predicted molar refractivity (Wildman–Crippen MR) is 82.4 cm³/mol. The van der Waals surface area contributed by atoms with E-state index in [1.165, 1.54) is 11.3 Å². The van der Waals surface area contributed by atoms with E-state index in [9.17, 15) is 4.79 Å². The Bertz CT molecular complexity index is 665. The minimum atomic E-state index is -0.153. The van der Waals surface area contributed by atoms with Crippen molar-refractivity contribution < 1.29 is 14.6 Å². The van der Waals surface area contributed by atoms with Gasteiger partial charge >= 0.3 is 0 Å². The van der Waals surface area contributed by atoms with Crippen LogP contribution in [0, 0.1) is 11.8 Å². The molecule has 0 spiro atoms. The first kappa shape index (κ1) is 15.1. The molecule has 0 fully saturated rings. The Morgan fingerprint density at radius 3 is 2.81 bits per heavy atom. The van der Waals surface area contributed by atoms with Crippen molar-refractivity contribution in [2.45, 2.75) is 6.54 Å². The number of aliphatic hydroxyl groups is 1. The third-order valence-electron chi connectivity index (χ3n) is 2.74. The molecule has 2 N–H and O–H groups in total. The van der Waals surface area contributed by atoms with Crippen LogP contribution < -0.4 is 10.1 Å². The molecule has 0 saturated carbocycles. The maximum absolute atomic E-state index is 12.0. The van der Waals surface area contributed by atoms with Gasteiger partial charge in [-0.25, -0.2) is 0 Å². The van der Waals surface area contributed by atoms with Crippen molar-refractivity contribution in [2.75, 3.05) is 13.7 Å². The van der Waals surface area contributed by atoms with Gasteiger partial charge in [-0.2, -0.15) is 0 Å². The Kier molecular flexibility index (Phi) is 5.38. The molecule has 0 aliphatic carbocycles. The first-order valence-electron chi connectivity index (χ1n) is 6.32. The molecule has 0 aliphatic heterocycles. The van der Waals surface area contributed by atoms with E-state index in [4.69, 9.17) is 9.84 Å². The van der Waals surface area contributed by atoms with Gasteiger partial charge in [0.25, 0.3) is 5.91 Å². The van der Waals surface area contributed by atoms with E-state index in [2.05, 4.69) is 17.2 Å². The number of ether oxygens (including phenoxy) is 1. The summed E-state index contributed by atoms with van der Waals surface area (Å²) in [7, 11) is 1.59. The fourth-order valence-corrected chi connectivity index (χ4v) is 2.45. The van der Waals surface area contributed by atoms with Crippen molar-refractivity contribution in [1.82, 2.24) is 5.32 Å². The van der Waals surface area contributed by atoms with E-state index in [1.54, 1.807) is 31.4 Å². The Morgan fingerprint density at radius 1 is 1.38 bits per heavy atom. The third-order valence-corrected chi connectivity index (χ3v) is 3.68. The zero-order chi connectivity index (χ0) is 15.1. The molecule has 0 saturated heterocycles. The maximum atomic E-state index is 12.0. The van der Waals surface area contributed by atoms with Crippen LogP contribution in [-0.2, 0) is 6.54 Å². The lowest BCUT2D eigenvalue weighted by molar-refractivity contribution is 0.0951. The number of rotatable bonds is 4. The number of hydrogen-bond donors (Lipinski definition) is 2. The van der Waals surface area contributed by atoms with Crippen LogP contribution in [0.3, 0.4) is 0 Å². The number of thiophene rings is 1. The van der Waals surface area contributed by atoms with Crippen LogP contribution >= 0.6 is 11.3 Å². The summed E-state index contributed by atoms with van der Waals surface area (Å²) in [5.74, 6) is 6.01. The summed E-state index contributed by atoms with van der Waals surface area (Å²) in [6.07, 6.45) is 0. The number of carbonyl (C=O) groups excluding carboxylic acids is 1. The molecule has 0 radical (unpaired) electrons. The number of aliphatic hydroxyl groups excluding tert-OH is 1. The van der Waals surface area contributed by atoms with Gasteiger partial charge in [-0.15, -0.1) is 11.3 Å². The SMILES string of the molecule is COc1ccc(C(=O)NCc2cc(C#CCO)cs2)cc1. The van der Waals surface area contributed by atoms with E-state index < -0.39 is 0 Å². The van der Waals surface area contributed by atoms with Crippen molar-refractivity contribution in [2.24, 2.45) is 0 Å². The highest BCUT2D eigenvalue weighted by molar-refractivity contribution is 7.10. The van der Waals surface area contributed by atoms with Crippen molar-refractivity contribution in [3.63, 3.8) is 0 Å². The molecule has 0 bridgehead atoms. The first-order chi connectivity index (χ1) is 10.2. The Morgan fingerprint density at radius 2 is 2.14 bits per heavy atom. The molecule has 2 rings (SSSR count). The lowest BCUT2D eigenvalue weighted by Gasteiger charge is -2.04. The molecule has 4 nitrogen and oxygen atoms in total. The second kappa shape index (κ2) is 7.48. The Labute approximate surface area is 127 Å². The normalized spacial score (nSPS) is 9.62. The molecule has 2 aromatic rings. The molecule has 1 aromatic heterocycles. The van der Waals surface area contributed by atoms with E-state index in [0.29, 0.717) is 12.1 Å². The molecule has 0 unspecified atom stereocenters. The monoisotopic (exact) mass is 301 g/mol. The average Bonchev–Trinajstić information content (AvgIpc) is 2.98. The van der Waals surface area contributed by atoms with Crippen LogP contribution in [0.1, 0.15) is 20.8 Å². The fourth-order valence-electron chi connectivity index (χ4n) is 1.69. The summed E-state index contributed by atoms with van der Waals surface area (Å²) >= 11 is 1.52. The Balaban J connectivity index is 1.92. The fraction of sp³-hybridized carbons (Fsp3) is 0.188. The lowest BCUT2D eigenvalue weighted by atomic mass is 10.2. The van der Waals surface area contributed by atoms with Gasteiger partial charge in [0.2, 0.25) is 0 Å². The van der Waals surface area contributed by atoms with Gasteiger partial charge in [0.15, 0.2) is 0 Å². The van der Waals surface area contributed by atoms with Crippen LogP contribution in [0.15, 0.2) is 35.7 Å². The number of amides is 1. The minimum absolute atomic E-state index is 0.131. The number of methoxy groups -OCH3 is 1. The van der Waals surface area contributed by atoms with Crippen LogP contribution in [0.25, 0.3) is 0 Å². The van der Waals surface area contributed by atoms with Crippen molar-refractivity contribution in [1.29, 1.82) is 0 Å². The van der Waals surface area contributed by atoms with E-state index in [-0.39, 0.29) is 12.5 Å². The molecule has 0 aliphatic rings. The van der Waals surface area contributed by atoms with Gasteiger partial charge in [0.05, 0.1) is 13.7 Å². The van der Waals surface area contributed by atoms with Crippen molar-refractivity contribution >= 4 is 17.2 Å². The number of nitrogens with one attached hydrogen (secondary N) is 1. The number of hydrogen-bond acceptors (Lipinski definition) is 4. The predicted octanol–water partition coefficient (Wildman–Crippen LogP) is 2.03. The minimum Gasteiger partial charge on any atom is -0.497 e. The van der Waals surface area contributed by atoms with Gasteiger partial charge < -0.3 is 15.2 Å². The van der Waals surface area contributed by atoms with Crippen molar-refractivity contribution in [3.8, 4) is 17.6 Å². The van der Waals surface area contributed by atoms with Gasteiger partial charge in [0, 0.05) is 21.4 Å². The van der Waals surface area contributed by atoms with Crippen LogP contribution in [0.2, 0.25) is 0 Å². The second-order valence-corrected chi connectivity index (χ2v) is 5.17. The highest BCUT2D eigenvalue weighted by Crippen LogP contribution is 2.14. The molecular formula is C16H15NO3S. The third kappa shape index (κ3) is 4.35. The Hall–Kier alpha value is -2.29. The molecule has 1 amide bonds. The lowest BCUT2D eigenvalue weighted by Crippen LogP contribution is -2.22. The van der Waals surface area contributed by atoms with Gasteiger partial charge in [0.1, 0.15) is 12.4 Å². The molecule has 21 heavy (non-hydrogen) atoms. The van der Waals surface area contributed by atoms with Crippen LogP contribution in [-0.4, -0.2) is 24.7 Å². The zero-order valence-corrected chi connectivity index (χ0v) is 12.4. The van der Waals surface area contributed by atoms with Gasteiger partial charge in [-0.3, -0.25) is 4.79 Å². The summed E-state index contributed by atoms with van der Waals surface area (Å²) in [4.78, 5) is 13.0. The molecular weight excluding hydrogens is 286 g/mol. The molecule has 1 aromatic carbocycles. The van der Waals surface area contributed by atoms with Crippen molar-refractivity contribution in [3.05, 3.63) is 51.7 Å². The van der Waals surface area contributed by atoms with E-state index in [0.717, 1.165) is 16.2 Å². The summed E-state index contributed by atoms with van der Waals surface area (Å²) in [5.41, 5.74) is 1.44. The summed E-state index contributed by atoms with van der Waals surface area (Å²) in [6, 6.07) is 8.86. The smallest absolute Gasteiger partial charge is 0.251 e. The van der Waals surface area contributed by atoms with Crippen LogP contribution in [0.5, 0.6) is 5.75 Å². The molecule has 5 heteroatoms. The molecule has 108 valence electrons. The summed E-state index contributed by atoms with van der Waals surface area (Å²) in [6.45, 7) is 0.301. The highest BCUT2D eigenvalue weighted by Gasteiger charge is 2.06. The zero-order valence-electron chi connectivity index (χ0n) is 11.6. The standard InChI is InChI=1S/C16H15NO3S/c1-20-14-6-4-13(5-7-14)16(19)17-10-15-9-12(11-21-15)3-2-8-18/h4-7,9,11,18H,8,10H2,1H3,(H,17,19). The highest BCUT2D eigenvalue weighted by atomic mass is 32.1. The van der Waals surface area contributed by atoms with Gasteiger partial charge in [-0.1, -0.05) is 11.8 Å². The number of benzene rings is 1. The molecule has 0 atom stereocenters.